The summed E-state index contributed by atoms with van der Waals surface area (Å²) in [7, 11) is 0. The Kier molecular flexibility index (Phi) is 5.47. The van der Waals surface area contributed by atoms with Crippen LogP contribution in [0.15, 0.2) is 42.0 Å². The molecule has 1 aromatic carbocycles. The molecule has 0 aromatic heterocycles. The molecule has 0 aliphatic heterocycles. The minimum Gasteiger partial charge on any atom is -0.459 e. The first-order valence-electron chi connectivity index (χ1n) is 5.99. The van der Waals surface area contributed by atoms with Crippen LogP contribution >= 0.6 is 0 Å². The van der Waals surface area contributed by atoms with Gasteiger partial charge >= 0.3 is 5.97 Å². The predicted molar refractivity (Wildman–Crippen MR) is 70.0 cm³/mol. The fraction of sp³-hybridized carbons (Fsp3) is 0.400. The highest BCUT2D eigenvalue weighted by Gasteiger charge is 2.10. The van der Waals surface area contributed by atoms with Crippen LogP contribution in [0.25, 0.3) is 0 Å². The number of ether oxygens (including phenoxy) is 1. The Hall–Kier alpha value is -1.57. The molecule has 1 aromatic rings. The molecule has 0 amide bonds. The maximum absolute atomic E-state index is 11.7. The molecule has 0 bridgehead atoms. The van der Waals surface area contributed by atoms with Crippen LogP contribution in [-0.2, 0) is 4.74 Å². The molecule has 0 spiro atoms. The van der Waals surface area contributed by atoms with E-state index >= 15 is 0 Å². The molecule has 0 saturated carbocycles. The van der Waals surface area contributed by atoms with Crippen molar-refractivity contribution in [2.45, 2.75) is 39.7 Å². The molecule has 2 heteroatoms. The van der Waals surface area contributed by atoms with Gasteiger partial charge in [-0.3, -0.25) is 0 Å². The van der Waals surface area contributed by atoms with E-state index in [1.54, 1.807) is 12.1 Å². The predicted octanol–water partition coefficient (Wildman–Crippen LogP) is 3.98. The van der Waals surface area contributed by atoms with Crippen molar-refractivity contribution in [3.8, 4) is 0 Å². The van der Waals surface area contributed by atoms with E-state index in [0.29, 0.717) is 5.56 Å². The van der Waals surface area contributed by atoms with Crippen molar-refractivity contribution >= 4 is 5.97 Å². The van der Waals surface area contributed by atoms with E-state index in [4.69, 9.17) is 4.74 Å². The van der Waals surface area contributed by atoms with Crippen molar-refractivity contribution in [2.24, 2.45) is 0 Å². The fourth-order valence-corrected chi connectivity index (χ4v) is 1.49. The van der Waals surface area contributed by atoms with Gasteiger partial charge in [0, 0.05) is 0 Å². The molecule has 0 aliphatic rings. The molecule has 2 nitrogen and oxygen atoms in total. The van der Waals surface area contributed by atoms with E-state index in [-0.39, 0.29) is 12.1 Å². The van der Waals surface area contributed by atoms with Gasteiger partial charge in [-0.2, -0.15) is 0 Å². The zero-order chi connectivity index (χ0) is 12.7. The maximum atomic E-state index is 11.7. The van der Waals surface area contributed by atoms with Crippen LogP contribution in [0.1, 0.15) is 44.0 Å². The van der Waals surface area contributed by atoms with Gasteiger partial charge in [-0.25, -0.2) is 4.79 Å². The lowest BCUT2D eigenvalue weighted by Gasteiger charge is -2.12. The van der Waals surface area contributed by atoms with Crippen LogP contribution < -0.4 is 0 Å². The third kappa shape index (κ3) is 5.34. The smallest absolute Gasteiger partial charge is 0.338 e. The molecule has 0 fully saturated rings. The summed E-state index contributed by atoms with van der Waals surface area (Å²) < 4.78 is 5.35. The van der Waals surface area contributed by atoms with Crippen LogP contribution in [0.4, 0.5) is 0 Å². The van der Waals surface area contributed by atoms with Crippen LogP contribution in [0.5, 0.6) is 0 Å². The Morgan fingerprint density at radius 1 is 1.29 bits per heavy atom. The number of rotatable bonds is 5. The average molecular weight is 232 g/mol. The van der Waals surface area contributed by atoms with Crippen molar-refractivity contribution in [3.63, 3.8) is 0 Å². The van der Waals surface area contributed by atoms with Crippen molar-refractivity contribution in [1.82, 2.24) is 0 Å². The van der Waals surface area contributed by atoms with E-state index in [1.165, 1.54) is 5.57 Å². The Labute approximate surface area is 103 Å². The fourth-order valence-electron chi connectivity index (χ4n) is 1.49. The third-order valence-corrected chi connectivity index (χ3v) is 2.44. The van der Waals surface area contributed by atoms with Crippen LogP contribution in [0.3, 0.4) is 0 Å². The summed E-state index contributed by atoms with van der Waals surface area (Å²) >= 11 is 0. The lowest BCUT2D eigenvalue weighted by Crippen LogP contribution is -2.14. The SMILES string of the molecule is CC(C)=CCC[C@@H](C)OC(=O)c1ccccc1. The molecule has 0 heterocycles. The second kappa shape index (κ2) is 6.89. The topological polar surface area (TPSA) is 26.3 Å². The highest BCUT2D eigenvalue weighted by molar-refractivity contribution is 5.89. The highest BCUT2D eigenvalue weighted by atomic mass is 16.5. The van der Waals surface area contributed by atoms with Gasteiger partial charge in [-0.1, -0.05) is 29.8 Å². The van der Waals surface area contributed by atoms with E-state index in [0.717, 1.165) is 12.8 Å². The molecule has 0 unspecified atom stereocenters. The quantitative estimate of drug-likeness (QED) is 0.567. The summed E-state index contributed by atoms with van der Waals surface area (Å²) in [6, 6.07) is 9.10. The van der Waals surface area contributed by atoms with Gasteiger partial charge in [0.25, 0.3) is 0 Å². The summed E-state index contributed by atoms with van der Waals surface area (Å²) in [6.07, 6.45) is 3.93. The molecule has 92 valence electrons. The molecule has 0 aliphatic carbocycles. The number of benzene rings is 1. The zero-order valence-electron chi connectivity index (χ0n) is 10.8. The molecule has 17 heavy (non-hydrogen) atoms. The van der Waals surface area contributed by atoms with Gasteiger partial charge in [-0.15, -0.1) is 0 Å². The normalized spacial score (nSPS) is 11.7. The second-order valence-electron chi connectivity index (χ2n) is 4.44. The number of allylic oxidation sites excluding steroid dienone is 2. The minimum atomic E-state index is -0.240. The van der Waals surface area contributed by atoms with E-state index in [9.17, 15) is 4.79 Å². The van der Waals surface area contributed by atoms with Crippen molar-refractivity contribution < 1.29 is 9.53 Å². The molecular formula is C15H20O2. The summed E-state index contributed by atoms with van der Waals surface area (Å²) in [5, 5.41) is 0. The number of carbonyl (C=O) groups excluding carboxylic acids is 1. The van der Waals surface area contributed by atoms with Gasteiger partial charge in [0.1, 0.15) is 0 Å². The number of hydrogen-bond acceptors (Lipinski definition) is 2. The Morgan fingerprint density at radius 3 is 2.53 bits per heavy atom. The monoisotopic (exact) mass is 232 g/mol. The lowest BCUT2D eigenvalue weighted by molar-refractivity contribution is 0.0326. The van der Waals surface area contributed by atoms with Gasteiger partial charge in [0.15, 0.2) is 0 Å². The van der Waals surface area contributed by atoms with Gasteiger partial charge < -0.3 is 4.74 Å². The zero-order valence-corrected chi connectivity index (χ0v) is 10.8. The number of esters is 1. The van der Waals surface area contributed by atoms with E-state index < -0.39 is 0 Å². The summed E-state index contributed by atoms with van der Waals surface area (Å²) in [4.78, 5) is 11.7. The number of carbonyl (C=O) groups is 1. The Morgan fingerprint density at radius 2 is 1.94 bits per heavy atom. The lowest BCUT2D eigenvalue weighted by atomic mass is 10.1. The first-order valence-corrected chi connectivity index (χ1v) is 5.99. The van der Waals surface area contributed by atoms with Crippen LogP contribution in [-0.4, -0.2) is 12.1 Å². The van der Waals surface area contributed by atoms with Crippen LogP contribution in [0.2, 0.25) is 0 Å². The second-order valence-corrected chi connectivity index (χ2v) is 4.44. The minimum absolute atomic E-state index is 0.0432. The standard InChI is InChI=1S/C15H20O2/c1-12(2)8-7-9-13(3)17-15(16)14-10-5-4-6-11-14/h4-6,8,10-11,13H,7,9H2,1-3H3/t13-/m1/s1. The Balaban J connectivity index is 2.39. The highest BCUT2D eigenvalue weighted by Crippen LogP contribution is 2.08. The summed E-state index contributed by atoms with van der Waals surface area (Å²) in [5.41, 5.74) is 1.91. The molecule has 1 rings (SSSR count). The number of hydrogen-bond donors (Lipinski definition) is 0. The third-order valence-electron chi connectivity index (χ3n) is 2.44. The van der Waals surface area contributed by atoms with Crippen molar-refractivity contribution in [2.75, 3.05) is 0 Å². The Bertz CT molecular complexity index is 375. The van der Waals surface area contributed by atoms with Crippen molar-refractivity contribution in [1.29, 1.82) is 0 Å². The molecule has 0 N–H and O–H groups in total. The van der Waals surface area contributed by atoms with Gasteiger partial charge in [-0.05, 0) is 45.7 Å². The molecule has 0 saturated heterocycles. The maximum Gasteiger partial charge on any atom is 0.338 e. The molecule has 1 atom stereocenters. The summed E-state index contributed by atoms with van der Waals surface area (Å²) in [6.45, 7) is 6.07. The largest absolute Gasteiger partial charge is 0.459 e. The van der Waals surface area contributed by atoms with Gasteiger partial charge in [0.2, 0.25) is 0 Å². The van der Waals surface area contributed by atoms with E-state index in [1.807, 2.05) is 25.1 Å². The first kappa shape index (κ1) is 13.5. The van der Waals surface area contributed by atoms with Gasteiger partial charge in [0.05, 0.1) is 11.7 Å². The van der Waals surface area contributed by atoms with Crippen molar-refractivity contribution in [3.05, 3.63) is 47.5 Å². The first-order chi connectivity index (χ1) is 8.09. The average Bonchev–Trinajstić information content (AvgIpc) is 2.29. The van der Waals surface area contributed by atoms with E-state index in [2.05, 4.69) is 19.9 Å². The van der Waals surface area contributed by atoms with Crippen LogP contribution in [0, 0.1) is 0 Å². The molecular weight excluding hydrogens is 212 g/mol. The summed E-state index contributed by atoms with van der Waals surface area (Å²) in [5.74, 6) is -0.240. The molecule has 0 radical (unpaired) electrons.